The Bertz CT molecular complexity index is 545. The Morgan fingerprint density at radius 3 is 2.07 bits per heavy atom. The van der Waals surface area contributed by atoms with Crippen LogP contribution in [0, 0.1) is 13.8 Å². The summed E-state index contributed by atoms with van der Waals surface area (Å²) in [5.41, 5.74) is 3.70. The van der Waals surface area contributed by atoms with Crippen molar-refractivity contribution in [1.29, 1.82) is 0 Å². The summed E-state index contributed by atoms with van der Waals surface area (Å²) in [6.07, 6.45) is 6.98. The Hall–Kier alpha value is -0.710. The molecule has 0 aromatic heterocycles. The smallest absolute Gasteiger partial charge is 0.268 e. The molecule has 1 rings (SSSR count). The lowest BCUT2D eigenvalue weighted by Crippen LogP contribution is -3.06. The van der Waals surface area contributed by atoms with Crippen LogP contribution in [0.3, 0.4) is 0 Å². The molecule has 158 valence electrons. The SMILES string of the molecule is CCCCCC.Cc1ccc(CCCOP(=O)([O-])OCC[NH+](C)C)cc1C. The first kappa shape index (κ1) is 26.3. The van der Waals surface area contributed by atoms with Gasteiger partial charge in [-0.05, 0) is 43.4 Å². The van der Waals surface area contributed by atoms with Gasteiger partial charge in [-0.1, -0.05) is 57.7 Å². The van der Waals surface area contributed by atoms with E-state index in [2.05, 4.69) is 45.9 Å². The van der Waals surface area contributed by atoms with Gasteiger partial charge in [0.15, 0.2) is 0 Å². The maximum Gasteiger partial charge on any atom is 0.268 e. The van der Waals surface area contributed by atoms with E-state index >= 15 is 0 Å². The van der Waals surface area contributed by atoms with Gasteiger partial charge < -0.3 is 18.8 Å². The second-order valence-corrected chi connectivity index (χ2v) is 8.71. The first-order chi connectivity index (χ1) is 12.7. The number of benzene rings is 1. The molecule has 5 nitrogen and oxygen atoms in total. The highest BCUT2D eigenvalue weighted by molar-refractivity contribution is 7.45. The van der Waals surface area contributed by atoms with Gasteiger partial charge in [0.05, 0.1) is 20.7 Å². The third-order valence-corrected chi connectivity index (χ3v) is 5.24. The zero-order chi connectivity index (χ0) is 20.7. The summed E-state index contributed by atoms with van der Waals surface area (Å²) in [5, 5.41) is 0. The fourth-order valence-electron chi connectivity index (χ4n) is 2.31. The predicted octanol–water partition coefficient (Wildman–Crippen LogP) is 3.47. The van der Waals surface area contributed by atoms with Crippen molar-refractivity contribution in [1.82, 2.24) is 0 Å². The molecule has 0 aliphatic rings. The number of likely N-dealkylation sites (N-methyl/N-ethyl adjacent to an activating group) is 1. The summed E-state index contributed by atoms with van der Waals surface area (Å²) < 4.78 is 21.1. The third kappa shape index (κ3) is 15.0. The number of phosphoric ester groups is 1. The molecule has 1 atom stereocenters. The molecule has 0 saturated carbocycles. The molecule has 27 heavy (non-hydrogen) atoms. The zero-order valence-electron chi connectivity index (χ0n) is 18.2. The number of rotatable bonds is 12. The summed E-state index contributed by atoms with van der Waals surface area (Å²) in [6.45, 7) is 9.54. The van der Waals surface area contributed by atoms with Crippen molar-refractivity contribution < 1.29 is 23.4 Å². The van der Waals surface area contributed by atoms with Crippen molar-refractivity contribution in [3.63, 3.8) is 0 Å². The van der Waals surface area contributed by atoms with Crippen LogP contribution in [0.15, 0.2) is 18.2 Å². The second-order valence-electron chi connectivity index (χ2n) is 7.30. The van der Waals surface area contributed by atoms with Crippen LogP contribution in [0.25, 0.3) is 0 Å². The average molecular weight is 402 g/mol. The average Bonchev–Trinajstić information content (AvgIpc) is 2.60. The third-order valence-electron chi connectivity index (χ3n) is 4.24. The van der Waals surface area contributed by atoms with E-state index in [1.807, 2.05) is 14.1 Å². The van der Waals surface area contributed by atoms with Gasteiger partial charge in [-0.2, -0.15) is 0 Å². The van der Waals surface area contributed by atoms with Crippen LogP contribution in [-0.4, -0.2) is 33.9 Å². The minimum Gasteiger partial charge on any atom is -0.756 e. The van der Waals surface area contributed by atoms with E-state index in [4.69, 9.17) is 9.05 Å². The van der Waals surface area contributed by atoms with Gasteiger partial charge in [-0.15, -0.1) is 0 Å². The first-order valence-electron chi connectivity index (χ1n) is 10.2. The quantitative estimate of drug-likeness (QED) is 0.430. The molecular weight excluding hydrogens is 361 g/mol. The van der Waals surface area contributed by atoms with E-state index in [9.17, 15) is 9.46 Å². The van der Waals surface area contributed by atoms with Gasteiger partial charge >= 0.3 is 0 Å². The van der Waals surface area contributed by atoms with E-state index in [1.54, 1.807) is 0 Å². The van der Waals surface area contributed by atoms with Crippen LogP contribution >= 0.6 is 7.82 Å². The number of phosphoric acid groups is 1. The van der Waals surface area contributed by atoms with Crippen LogP contribution in [0.4, 0.5) is 0 Å². The number of nitrogens with one attached hydrogen (secondary N) is 1. The van der Waals surface area contributed by atoms with Gasteiger partial charge in [-0.25, -0.2) is 0 Å². The normalized spacial score (nSPS) is 13.2. The number of hydrogen-bond donors (Lipinski definition) is 1. The number of aryl methyl sites for hydroxylation is 3. The van der Waals surface area contributed by atoms with Crippen molar-refractivity contribution in [2.24, 2.45) is 0 Å². The summed E-state index contributed by atoms with van der Waals surface area (Å²) in [7, 11) is -0.283. The molecular formula is C21H40NO4P. The minimum absolute atomic E-state index is 0.153. The fraction of sp³-hybridized carbons (Fsp3) is 0.714. The molecule has 0 radical (unpaired) electrons. The van der Waals surface area contributed by atoms with E-state index < -0.39 is 7.82 Å². The van der Waals surface area contributed by atoms with Crippen LogP contribution in [0.1, 0.15) is 62.6 Å². The van der Waals surface area contributed by atoms with E-state index in [0.717, 1.165) is 11.3 Å². The standard InChI is InChI=1S/C15H26NO4P.C6H14/c1-13-7-8-15(12-14(13)2)6-5-10-19-21(17,18)20-11-9-16(3)4;1-3-5-6-4-2/h7-8,12H,5-6,9-11H2,1-4H3,(H,17,18);3-6H2,1-2H3. The lowest BCUT2D eigenvalue weighted by molar-refractivity contribution is -0.858. The minimum atomic E-state index is -4.15. The lowest BCUT2D eigenvalue weighted by atomic mass is 10.0. The maximum atomic E-state index is 11.5. The van der Waals surface area contributed by atoms with E-state index in [0.29, 0.717) is 13.0 Å². The summed E-state index contributed by atoms with van der Waals surface area (Å²) >= 11 is 0. The molecule has 1 unspecified atom stereocenters. The van der Waals surface area contributed by atoms with Gasteiger partial charge in [0.1, 0.15) is 13.2 Å². The molecule has 0 bridgehead atoms. The molecule has 0 saturated heterocycles. The molecule has 6 heteroatoms. The molecule has 0 aliphatic carbocycles. The van der Waals surface area contributed by atoms with Crippen molar-refractivity contribution in [2.75, 3.05) is 33.9 Å². The largest absolute Gasteiger partial charge is 0.756 e. The van der Waals surface area contributed by atoms with Gasteiger partial charge in [-0.3, -0.25) is 4.57 Å². The topological polar surface area (TPSA) is 63.0 Å². The molecule has 1 aromatic carbocycles. The van der Waals surface area contributed by atoms with Crippen molar-refractivity contribution in [2.45, 2.75) is 66.2 Å². The fourth-order valence-corrected chi connectivity index (χ4v) is 3.05. The summed E-state index contributed by atoms with van der Waals surface area (Å²) in [4.78, 5) is 12.6. The summed E-state index contributed by atoms with van der Waals surface area (Å²) in [5.74, 6) is 0. The Kier molecular flexibility index (Phi) is 14.8. The molecule has 0 spiro atoms. The molecule has 0 heterocycles. The van der Waals surface area contributed by atoms with Gasteiger partial charge in [0.2, 0.25) is 0 Å². The Morgan fingerprint density at radius 1 is 0.963 bits per heavy atom. The Morgan fingerprint density at radius 2 is 1.56 bits per heavy atom. The van der Waals surface area contributed by atoms with Crippen LogP contribution in [-0.2, 0) is 20.0 Å². The second kappa shape index (κ2) is 15.2. The van der Waals surface area contributed by atoms with Gasteiger partial charge in [0.25, 0.3) is 7.82 Å². The Labute approximate surface area is 166 Å². The first-order valence-corrected chi connectivity index (χ1v) is 11.6. The van der Waals surface area contributed by atoms with Crippen LogP contribution in [0.2, 0.25) is 0 Å². The molecule has 0 aliphatic heterocycles. The Balaban J connectivity index is 0.000000972. The number of unbranched alkanes of at least 4 members (excludes halogenated alkanes) is 3. The predicted molar refractivity (Wildman–Crippen MR) is 111 cm³/mol. The summed E-state index contributed by atoms with van der Waals surface area (Å²) in [6, 6.07) is 6.27. The lowest BCUT2D eigenvalue weighted by Gasteiger charge is -2.22. The zero-order valence-corrected chi connectivity index (χ0v) is 19.1. The molecule has 1 aromatic rings. The van der Waals surface area contributed by atoms with Crippen molar-refractivity contribution in [3.8, 4) is 0 Å². The maximum absolute atomic E-state index is 11.5. The highest BCUT2D eigenvalue weighted by atomic mass is 31.2. The molecule has 0 fully saturated rings. The van der Waals surface area contributed by atoms with Crippen LogP contribution in [0.5, 0.6) is 0 Å². The van der Waals surface area contributed by atoms with Crippen LogP contribution < -0.4 is 9.79 Å². The number of quaternary nitrogens is 1. The highest BCUT2D eigenvalue weighted by Crippen LogP contribution is 2.37. The van der Waals surface area contributed by atoms with Gasteiger partial charge in [0, 0.05) is 0 Å². The van der Waals surface area contributed by atoms with E-state index in [1.165, 1.54) is 42.4 Å². The number of hydrogen-bond acceptors (Lipinski definition) is 4. The highest BCUT2D eigenvalue weighted by Gasteiger charge is 2.10. The van der Waals surface area contributed by atoms with Crippen molar-refractivity contribution >= 4 is 7.82 Å². The molecule has 1 N–H and O–H groups in total. The monoisotopic (exact) mass is 401 g/mol. The molecule has 0 amide bonds. The van der Waals surface area contributed by atoms with Crippen molar-refractivity contribution in [3.05, 3.63) is 34.9 Å². The van der Waals surface area contributed by atoms with E-state index in [-0.39, 0.29) is 13.2 Å².